The highest BCUT2D eigenvalue weighted by Gasteiger charge is 2.28. The summed E-state index contributed by atoms with van der Waals surface area (Å²) in [5.74, 6) is -2.12. The summed E-state index contributed by atoms with van der Waals surface area (Å²) in [5, 5.41) is 22.3. The van der Waals surface area contributed by atoms with Crippen LogP contribution in [-0.4, -0.2) is 48.1 Å². The van der Waals surface area contributed by atoms with Gasteiger partial charge in [0, 0.05) is 24.3 Å². The minimum atomic E-state index is -1.14. The number of aliphatic carboxylic acids is 1. The van der Waals surface area contributed by atoms with Crippen molar-refractivity contribution in [1.29, 1.82) is 0 Å². The Labute approximate surface area is 186 Å². The van der Waals surface area contributed by atoms with Crippen LogP contribution in [0.4, 0.5) is 5.69 Å². The molecule has 1 aliphatic heterocycles. The standard InChI is InChI=1S/C24H28N2O6/c1-2-32-21-14-16(10-11-18(21)23(28)29)19(15-27)25-22(24(30)31)17-8-4-5-9-20(17)26-12-6-3-7-13-26/h4-5,8-11,14-15,19,22,25H,2-3,6-7,12-13H2,1H3,(H,28,29)(H,30,31). The maximum Gasteiger partial charge on any atom is 0.339 e. The summed E-state index contributed by atoms with van der Waals surface area (Å²) in [6.07, 6.45) is 3.87. The Balaban J connectivity index is 1.94. The number of rotatable bonds is 10. The van der Waals surface area contributed by atoms with E-state index in [1.165, 1.54) is 18.2 Å². The lowest BCUT2D eigenvalue weighted by Crippen LogP contribution is -2.36. The van der Waals surface area contributed by atoms with Gasteiger partial charge in [0.25, 0.3) is 0 Å². The zero-order valence-electron chi connectivity index (χ0n) is 18.0. The van der Waals surface area contributed by atoms with E-state index in [9.17, 15) is 24.6 Å². The number of ether oxygens (including phenoxy) is 1. The van der Waals surface area contributed by atoms with Crippen LogP contribution in [0.1, 0.15) is 59.8 Å². The van der Waals surface area contributed by atoms with Crippen LogP contribution in [0.2, 0.25) is 0 Å². The molecule has 0 aliphatic carbocycles. The molecule has 1 aliphatic rings. The zero-order chi connectivity index (χ0) is 23.1. The molecule has 170 valence electrons. The highest BCUT2D eigenvalue weighted by atomic mass is 16.5. The van der Waals surface area contributed by atoms with E-state index in [2.05, 4.69) is 10.2 Å². The quantitative estimate of drug-likeness (QED) is 0.481. The van der Waals surface area contributed by atoms with Crippen LogP contribution >= 0.6 is 0 Å². The predicted molar refractivity (Wildman–Crippen MR) is 119 cm³/mol. The van der Waals surface area contributed by atoms with Crippen molar-refractivity contribution in [3.63, 3.8) is 0 Å². The van der Waals surface area contributed by atoms with Crippen LogP contribution in [0.5, 0.6) is 5.75 Å². The second-order valence-corrected chi connectivity index (χ2v) is 7.65. The lowest BCUT2D eigenvalue weighted by Gasteiger charge is -2.32. The number of carboxylic acid groups (broad SMARTS) is 2. The Morgan fingerprint density at radius 3 is 2.47 bits per heavy atom. The minimum absolute atomic E-state index is 0.0227. The number of para-hydroxylation sites is 1. The first-order valence-electron chi connectivity index (χ1n) is 10.7. The molecule has 8 nitrogen and oxygen atoms in total. The summed E-state index contributed by atoms with van der Waals surface area (Å²) in [4.78, 5) is 37.8. The number of hydrogen-bond donors (Lipinski definition) is 3. The van der Waals surface area contributed by atoms with Gasteiger partial charge in [-0.3, -0.25) is 10.1 Å². The second-order valence-electron chi connectivity index (χ2n) is 7.65. The number of aldehydes is 1. The fourth-order valence-electron chi connectivity index (χ4n) is 4.03. The van der Waals surface area contributed by atoms with Gasteiger partial charge in [-0.2, -0.15) is 0 Å². The molecule has 3 rings (SSSR count). The van der Waals surface area contributed by atoms with E-state index in [-0.39, 0.29) is 17.9 Å². The van der Waals surface area contributed by atoms with Gasteiger partial charge in [0.05, 0.1) is 12.6 Å². The zero-order valence-corrected chi connectivity index (χ0v) is 18.0. The van der Waals surface area contributed by atoms with E-state index >= 15 is 0 Å². The van der Waals surface area contributed by atoms with Gasteiger partial charge in [0.2, 0.25) is 0 Å². The number of nitrogens with one attached hydrogen (secondary N) is 1. The Hall–Kier alpha value is -3.39. The molecule has 0 radical (unpaired) electrons. The molecule has 2 aromatic carbocycles. The third kappa shape index (κ3) is 5.26. The van der Waals surface area contributed by atoms with Crippen molar-refractivity contribution >= 4 is 23.9 Å². The molecule has 0 amide bonds. The lowest BCUT2D eigenvalue weighted by atomic mass is 9.98. The van der Waals surface area contributed by atoms with Gasteiger partial charge < -0.3 is 24.6 Å². The summed E-state index contributed by atoms with van der Waals surface area (Å²) >= 11 is 0. The third-order valence-electron chi connectivity index (χ3n) is 5.57. The first-order chi connectivity index (χ1) is 15.5. The summed E-state index contributed by atoms with van der Waals surface area (Å²) in [5.41, 5.74) is 1.83. The summed E-state index contributed by atoms with van der Waals surface area (Å²) in [6, 6.07) is 9.55. The molecule has 3 N–H and O–H groups in total. The Bertz CT molecular complexity index is 971. The van der Waals surface area contributed by atoms with Crippen LogP contribution in [0, 0.1) is 0 Å². The van der Waals surface area contributed by atoms with E-state index in [1.807, 2.05) is 12.1 Å². The Morgan fingerprint density at radius 1 is 1.12 bits per heavy atom. The highest BCUT2D eigenvalue weighted by molar-refractivity contribution is 5.91. The third-order valence-corrected chi connectivity index (χ3v) is 5.57. The van der Waals surface area contributed by atoms with Crippen molar-refractivity contribution in [2.75, 3.05) is 24.6 Å². The first kappa shape index (κ1) is 23.3. The lowest BCUT2D eigenvalue weighted by molar-refractivity contribution is -0.140. The first-order valence-corrected chi connectivity index (χ1v) is 10.7. The molecular weight excluding hydrogens is 412 g/mol. The summed E-state index contributed by atoms with van der Waals surface area (Å²) < 4.78 is 5.42. The van der Waals surface area contributed by atoms with Gasteiger partial charge in [0.1, 0.15) is 23.6 Å². The fraction of sp³-hybridized carbons (Fsp3) is 0.375. The molecule has 32 heavy (non-hydrogen) atoms. The predicted octanol–water partition coefficient (Wildman–Crippen LogP) is 3.43. The second kappa shape index (κ2) is 10.8. The van der Waals surface area contributed by atoms with Gasteiger partial charge in [-0.25, -0.2) is 4.79 Å². The van der Waals surface area contributed by atoms with Crippen molar-refractivity contribution in [2.24, 2.45) is 0 Å². The van der Waals surface area contributed by atoms with Crippen molar-refractivity contribution in [3.05, 3.63) is 59.2 Å². The van der Waals surface area contributed by atoms with Gasteiger partial charge in [-0.1, -0.05) is 24.3 Å². The SMILES string of the molecule is CCOc1cc(C(C=O)NC(C(=O)O)c2ccccc2N2CCCCC2)ccc1C(=O)O. The topological polar surface area (TPSA) is 116 Å². The van der Waals surface area contributed by atoms with Gasteiger partial charge in [-0.05, 0) is 49.9 Å². The van der Waals surface area contributed by atoms with E-state index in [1.54, 1.807) is 19.1 Å². The number of anilines is 1. The van der Waals surface area contributed by atoms with E-state index in [4.69, 9.17) is 4.74 Å². The van der Waals surface area contributed by atoms with Crippen LogP contribution in [0.15, 0.2) is 42.5 Å². The molecule has 1 fully saturated rings. The highest BCUT2D eigenvalue weighted by Crippen LogP contribution is 2.31. The number of benzene rings is 2. The summed E-state index contributed by atoms with van der Waals surface area (Å²) in [7, 11) is 0. The monoisotopic (exact) mass is 440 g/mol. The Morgan fingerprint density at radius 2 is 1.84 bits per heavy atom. The molecule has 0 aromatic heterocycles. The van der Waals surface area contributed by atoms with Crippen molar-refractivity contribution in [2.45, 2.75) is 38.3 Å². The van der Waals surface area contributed by atoms with Crippen LogP contribution in [0.3, 0.4) is 0 Å². The largest absolute Gasteiger partial charge is 0.493 e. The number of carboxylic acids is 2. The number of carbonyl (C=O) groups excluding carboxylic acids is 1. The molecule has 0 spiro atoms. The fourth-order valence-corrected chi connectivity index (χ4v) is 4.03. The molecule has 2 atom stereocenters. The number of carbonyl (C=O) groups is 3. The number of nitrogens with zero attached hydrogens (tertiary/aromatic N) is 1. The van der Waals surface area contributed by atoms with Gasteiger partial charge in [-0.15, -0.1) is 0 Å². The van der Waals surface area contributed by atoms with E-state index in [0.29, 0.717) is 17.4 Å². The molecule has 0 bridgehead atoms. The van der Waals surface area contributed by atoms with Gasteiger partial charge in [0.15, 0.2) is 0 Å². The normalized spacial score (nSPS) is 15.6. The van der Waals surface area contributed by atoms with Gasteiger partial charge >= 0.3 is 11.9 Å². The molecule has 1 saturated heterocycles. The minimum Gasteiger partial charge on any atom is -0.493 e. The van der Waals surface area contributed by atoms with E-state index < -0.39 is 24.0 Å². The molecule has 1 heterocycles. The number of aromatic carboxylic acids is 1. The average Bonchev–Trinajstić information content (AvgIpc) is 2.80. The average molecular weight is 440 g/mol. The molecule has 0 saturated carbocycles. The number of piperidine rings is 1. The molecule has 8 heteroatoms. The van der Waals surface area contributed by atoms with Crippen molar-refractivity contribution < 1.29 is 29.3 Å². The summed E-state index contributed by atoms with van der Waals surface area (Å²) in [6.45, 7) is 3.69. The maximum absolute atomic E-state index is 12.2. The molecule has 2 aromatic rings. The van der Waals surface area contributed by atoms with Crippen LogP contribution < -0.4 is 15.0 Å². The molecular formula is C24H28N2O6. The maximum atomic E-state index is 12.2. The number of hydrogen-bond acceptors (Lipinski definition) is 6. The van der Waals surface area contributed by atoms with Crippen molar-refractivity contribution in [1.82, 2.24) is 5.32 Å². The van der Waals surface area contributed by atoms with Crippen LogP contribution in [0.25, 0.3) is 0 Å². The van der Waals surface area contributed by atoms with E-state index in [0.717, 1.165) is 38.0 Å². The Kier molecular flexibility index (Phi) is 7.83. The van der Waals surface area contributed by atoms with Crippen LogP contribution in [-0.2, 0) is 9.59 Å². The smallest absolute Gasteiger partial charge is 0.339 e. The van der Waals surface area contributed by atoms with Crippen molar-refractivity contribution in [3.8, 4) is 5.75 Å². The molecule has 2 unspecified atom stereocenters.